The third kappa shape index (κ3) is 5.45. The second-order valence-corrected chi connectivity index (χ2v) is 6.55. The van der Waals surface area contributed by atoms with Crippen molar-refractivity contribution >= 4 is 17.6 Å². The van der Waals surface area contributed by atoms with Gasteiger partial charge in [0.15, 0.2) is 12.2 Å². The molecule has 0 spiro atoms. The van der Waals surface area contributed by atoms with Gasteiger partial charge in [-0.2, -0.15) is 0 Å². The Kier molecular flexibility index (Phi) is 6.63. The second kappa shape index (κ2) is 9.55. The molecule has 0 fully saturated rings. The average molecular weight is 389 g/mol. The van der Waals surface area contributed by atoms with Crippen LogP contribution in [0.4, 0.5) is 5.69 Å². The predicted octanol–water partition coefficient (Wildman–Crippen LogP) is 4.69. The SMILES string of the molecule is C[C@H](OC(=O)[C@@H](C)Oc1ccccc1)C(=O)Nc1ccccc1-c1ccccc1. The van der Waals surface area contributed by atoms with Crippen molar-refractivity contribution < 1.29 is 19.1 Å². The molecule has 3 aromatic carbocycles. The van der Waals surface area contributed by atoms with Crippen LogP contribution >= 0.6 is 0 Å². The summed E-state index contributed by atoms with van der Waals surface area (Å²) in [4.78, 5) is 24.9. The summed E-state index contributed by atoms with van der Waals surface area (Å²) in [5.41, 5.74) is 2.53. The average Bonchev–Trinajstić information content (AvgIpc) is 2.75. The van der Waals surface area contributed by atoms with Crippen molar-refractivity contribution in [3.8, 4) is 16.9 Å². The summed E-state index contributed by atoms with van der Waals surface area (Å²) in [6, 6.07) is 26.2. The minimum Gasteiger partial charge on any atom is -0.479 e. The number of carbonyl (C=O) groups excluding carboxylic acids is 2. The maximum Gasteiger partial charge on any atom is 0.347 e. The van der Waals surface area contributed by atoms with Crippen LogP contribution in [0.15, 0.2) is 84.9 Å². The number of para-hydroxylation sites is 2. The van der Waals surface area contributed by atoms with Crippen LogP contribution in [0.1, 0.15) is 13.8 Å². The molecular weight excluding hydrogens is 366 g/mol. The number of anilines is 1. The Morgan fingerprint density at radius 3 is 2.03 bits per heavy atom. The fourth-order valence-electron chi connectivity index (χ4n) is 2.77. The summed E-state index contributed by atoms with van der Waals surface area (Å²) < 4.78 is 10.8. The molecule has 0 aliphatic rings. The molecule has 29 heavy (non-hydrogen) atoms. The first kappa shape index (κ1) is 20.1. The Hall–Kier alpha value is -3.60. The van der Waals surface area contributed by atoms with Gasteiger partial charge >= 0.3 is 5.97 Å². The van der Waals surface area contributed by atoms with E-state index in [2.05, 4.69) is 5.32 Å². The van der Waals surface area contributed by atoms with Crippen LogP contribution in [0.3, 0.4) is 0 Å². The molecule has 0 unspecified atom stereocenters. The molecule has 3 rings (SSSR count). The van der Waals surface area contributed by atoms with E-state index < -0.39 is 24.1 Å². The molecular formula is C24H23NO4. The van der Waals surface area contributed by atoms with Crippen molar-refractivity contribution in [1.29, 1.82) is 0 Å². The molecule has 0 aromatic heterocycles. The molecule has 3 aromatic rings. The number of ether oxygens (including phenoxy) is 2. The summed E-state index contributed by atoms with van der Waals surface area (Å²) in [5, 5.41) is 2.85. The van der Waals surface area contributed by atoms with Crippen molar-refractivity contribution in [2.24, 2.45) is 0 Å². The molecule has 1 amide bonds. The summed E-state index contributed by atoms with van der Waals surface area (Å²) in [7, 11) is 0. The predicted molar refractivity (Wildman–Crippen MR) is 113 cm³/mol. The van der Waals surface area contributed by atoms with E-state index in [0.29, 0.717) is 11.4 Å². The molecule has 5 heteroatoms. The summed E-state index contributed by atoms with van der Waals surface area (Å²) in [5.74, 6) is -0.452. The molecule has 0 bridgehead atoms. The Morgan fingerprint density at radius 2 is 1.34 bits per heavy atom. The van der Waals surface area contributed by atoms with Crippen LogP contribution in [0.5, 0.6) is 5.75 Å². The lowest BCUT2D eigenvalue weighted by Crippen LogP contribution is -2.35. The fraction of sp³-hybridized carbons (Fsp3) is 0.167. The Labute approximate surface area is 170 Å². The van der Waals surface area contributed by atoms with E-state index in [9.17, 15) is 9.59 Å². The Bertz CT molecular complexity index is 957. The number of hydrogen-bond acceptors (Lipinski definition) is 4. The highest BCUT2D eigenvalue weighted by Gasteiger charge is 2.23. The minimum atomic E-state index is -0.965. The van der Waals surface area contributed by atoms with Gasteiger partial charge < -0.3 is 14.8 Å². The second-order valence-electron chi connectivity index (χ2n) is 6.55. The zero-order valence-electron chi connectivity index (χ0n) is 16.4. The lowest BCUT2D eigenvalue weighted by atomic mass is 10.0. The molecule has 2 atom stereocenters. The van der Waals surface area contributed by atoms with Crippen molar-refractivity contribution in [1.82, 2.24) is 0 Å². The highest BCUT2D eigenvalue weighted by molar-refractivity contribution is 5.98. The molecule has 0 heterocycles. The highest BCUT2D eigenvalue weighted by atomic mass is 16.6. The van der Waals surface area contributed by atoms with Crippen molar-refractivity contribution in [2.45, 2.75) is 26.1 Å². The lowest BCUT2D eigenvalue weighted by Gasteiger charge is -2.18. The standard InChI is InChI=1S/C24H23NO4/c1-17(29-24(27)18(2)28-20-13-7-4-8-14-20)23(26)25-22-16-10-9-15-21(22)19-11-5-3-6-12-19/h3-18H,1-2H3,(H,25,26)/t17-,18+/m0/s1. The third-order valence-corrected chi connectivity index (χ3v) is 4.32. The van der Waals surface area contributed by atoms with Gasteiger partial charge in [0.1, 0.15) is 5.75 Å². The first-order valence-electron chi connectivity index (χ1n) is 9.42. The summed E-state index contributed by atoms with van der Waals surface area (Å²) >= 11 is 0. The topological polar surface area (TPSA) is 64.6 Å². The van der Waals surface area contributed by atoms with Crippen LogP contribution < -0.4 is 10.1 Å². The molecule has 5 nitrogen and oxygen atoms in total. The summed E-state index contributed by atoms with van der Waals surface area (Å²) in [6.07, 6.45) is -1.79. The van der Waals surface area contributed by atoms with Crippen LogP contribution in [0.2, 0.25) is 0 Å². The zero-order chi connectivity index (χ0) is 20.6. The highest BCUT2D eigenvalue weighted by Crippen LogP contribution is 2.27. The Balaban J connectivity index is 1.62. The zero-order valence-corrected chi connectivity index (χ0v) is 16.4. The van der Waals surface area contributed by atoms with Crippen molar-refractivity contribution in [3.63, 3.8) is 0 Å². The van der Waals surface area contributed by atoms with Gasteiger partial charge in [0.05, 0.1) is 0 Å². The number of hydrogen-bond donors (Lipinski definition) is 1. The summed E-state index contributed by atoms with van der Waals surface area (Å²) in [6.45, 7) is 3.12. The molecule has 0 radical (unpaired) electrons. The van der Waals surface area contributed by atoms with Crippen LogP contribution in [0, 0.1) is 0 Å². The van der Waals surface area contributed by atoms with E-state index in [1.54, 1.807) is 19.1 Å². The van der Waals surface area contributed by atoms with Crippen molar-refractivity contribution in [2.75, 3.05) is 5.32 Å². The molecule has 148 valence electrons. The van der Waals surface area contributed by atoms with Gasteiger partial charge in [-0.1, -0.05) is 66.7 Å². The van der Waals surface area contributed by atoms with E-state index in [1.165, 1.54) is 6.92 Å². The van der Waals surface area contributed by atoms with Crippen LogP contribution in [-0.2, 0) is 14.3 Å². The molecule has 0 aliphatic carbocycles. The van der Waals surface area contributed by atoms with E-state index in [4.69, 9.17) is 9.47 Å². The fourth-order valence-corrected chi connectivity index (χ4v) is 2.77. The normalized spacial score (nSPS) is 12.5. The third-order valence-electron chi connectivity index (χ3n) is 4.32. The molecule has 1 N–H and O–H groups in total. The first-order valence-corrected chi connectivity index (χ1v) is 9.42. The largest absolute Gasteiger partial charge is 0.479 e. The van der Waals surface area contributed by atoms with Gasteiger partial charge in [0.25, 0.3) is 5.91 Å². The Morgan fingerprint density at radius 1 is 0.759 bits per heavy atom. The monoisotopic (exact) mass is 389 g/mol. The van der Waals surface area contributed by atoms with Crippen LogP contribution in [-0.4, -0.2) is 24.1 Å². The van der Waals surface area contributed by atoms with Crippen LogP contribution in [0.25, 0.3) is 11.1 Å². The van der Waals surface area contributed by atoms with Gasteiger partial charge in [0, 0.05) is 11.3 Å². The first-order chi connectivity index (χ1) is 14.0. The number of rotatable bonds is 7. The maximum absolute atomic E-state index is 12.6. The van der Waals surface area contributed by atoms with Gasteiger partial charge in [-0.3, -0.25) is 4.79 Å². The van der Waals surface area contributed by atoms with E-state index in [-0.39, 0.29) is 0 Å². The lowest BCUT2D eigenvalue weighted by molar-refractivity contribution is -0.159. The maximum atomic E-state index is 12.6. The van der Waals surface area contributed by atoms with E-state index >= 15 is 0 Å². The number of amides is 1. The molecule has 0 saturated carbocycles. The smallest absolute Gasteiger partial charge is 0.347 e. The van der Waals surface area contributed by atoms with E-state index in [1.807, 2.05) is 72.8 Å². The van der Waals surface area contributed by atoms with E-state index in [0.717, 1.165) is 11.1 Å². The number of carbonyl (C=O) groups is 2. The number of benzene rings is 3. The van der Waals surface area contributed by atoms with Gasteiger partial charge in [-0.05, 0) is 37.6 Å². The van der Waals surface area contributed by atoms with Crippen molar-refractivity contribution in [3.05, 3.63) is 84.9 Å². The minimum absolute atomic E-state index is 0.409. The van der Waals surface area contributed by atoms with Gasteiger partial charge in [-0.25, -0.2) is 4.79 Å². The quantitative estimate of drug-likeness (QED) is 0.596. The molecule has 0 aliphatic heterocycles. The molecule has 0 saturated heterocycles. The number of nitrogens with one attached hydrogen (secondary N) is 1. The number of esters is 1. The van der Waals surface area contributed by atoms with Gasteiger partial charge in [0.2, 0.25) is 0 Å². The van der Waals surface area contributed by atoms with Gasteiger partial charge in [-0.15, -0.1) is 0 Å².